The molecule has 32 heavy (non-hydrogen) atoms. The minimum Gasteiger partial charge on any atom is -0.383 e. The Balaban J connectivity index is 1.91. The molecule has 0 aromatic heterocycles. The molecule has 0 aliphatic carbocycles. The fourth-order valence-corrected chi connectivity index (χ4v) is 4.25. The van der Waals surface area contributed by atoms with Crippen molar-refractivity contribution < 1.29 is 19.1 Å². The highest BCUT2D eigenvalue weighted by molar-refractivity contribution is 5.91. The summed E-state index contributed by atoms with van der Waals surface area (Å²) in [5.41, 5.74) is 0.954. The van der Waals surface area contributed by atoms with Crippen molar-refractivity contribution >= 4 is 17.8 Å². The molecule has 0 spiro atoms. The van der Waals surface area contributed by atoms with Crippen molar-refractivity contribution in [2.24, 2.45) is 5.92 Å². The van der Waals surface area contributed by atoms with Crippen LogP contribution in [0.2, 0.25) is 0 Å². The van der Waals surface area contributed by atoms with Crippen LogP contribution >= 0.6 is 0 Å². The molecular formula is C23H31N5O4. The maximum absolute atomic E-state index is 13.3. The number of benzene rings is 1. The number of nitrogens with zero attached hydrogens (tertiary/aromatic N) is 4. The predicted octanol–water partition coefficient (Wildman–Crippen LogP) is 0.730. The molecule has 1 aromatic rings. The number of ether oxygens (including phenoxy) is 1. The van der Waals surface area contributed by atoms with Gasteiger partial charge in [-0.3, -0.25) is 9.59 Å². The Morgan fingerprint density at radius 3 is 2.62 bits per heavy atom. The van der Waals surface area contributed by atoms with Gasteiger partial charge in [0.1, 0.15) is 12.2 Å². The highest BCUT2D eigenvalue weighted by Gasteiger charge is 2.51. The summed E-state index contributed by atoms with van der Waals surface area (Å²) in [6.07, 6.45) is 4.88. The van der Waals surface area contributed by atoms with Gasteiger partial charge in [-0.1, -0.05) is 50.1 Å². The van der Waals surface area contributed by atoms with E-state index in [1.54, 1.807) is 21.9 Å². The number of hydrogen-bond acceptors (Lipinski definition) is 5. The number of terminal acetylenes is 1. The van der Waals surface area contributed by atoms with Crippen molar-refractivity contribution in [2.75, 3.05) is 39.9 Å². The van der Waals surface area contributed by atoms with Crippen LogP contribution in [0, 0.1) is 18.3 Å². The third kappa shape index (κ3) is 4.87. The number of carbonyl (C=O) groups excluding carboxylic acids is 3. The fourth-order valence-electron chi connectivity index (χ4n) is 4.25. The van der Waals surface area contributed by atoms with E-state index in [1.807, 2.05) is 44.2 Å². The molecule has 9 heteroatoms. The number of fused-ring (bicyclic) bond motifs is 1. The Labute approximate surface area is 189 Å². The van der Waals surface area contributed by atoms with Crippen LogP contribution < -0.4 is 5.32 Å². The monoisotopic (exact) mass is 441 g/mol. The molecule has 0 radical (unpaired) electrons. The van der Waals surface area contributed by atoms with Gasteiger partial charge in [0.2, 0.25) is 11.8 Å². The molecule has 2 aliphatic rings. The van der Waals surface area contributed by atoms with Gasteiger partial charge in [0.15, 0.2) is 0 Å². The van der Waals surface area contributed by atoms with Crippen LogP contribution in [0.5, 0.6) is 0 Å². The molecule has 2 aliphatic heterocycles. The van der Waals surface area contributed by atoms with E-state index in [9.17, 15) is 14.4 Å². The maximum Gasteiger partial charge on any atom is 0.334 e. The molecule has 172 valence electrons. The van der Waals surface area contributed by atoms with Crippen LogP contribution in [0.3, 0.4) is 0 Å². The van der Waals surface area contributed by atoms with Crippen LogP contribution in [0.4, 0.5) is 4.79 Å². The highest BCUT2D eigenvalue weighted by atomic mass is 16.5. The first kappa shape index (κ1) is 23.6. The van der Waals surface area contributed by atoms with Gasteiger partial charge in [0.05, 0.1) is 26.2 Å². The van der Waals surface area contributed by atoms with Crippen LogP contribution in [-0.4, -0.2) is 89.8 Å². The van der Waals surface area contributed by atoms with E-state index in [0.29, 0.717) is 19.7 Å². The SMILES string of the molecule is C#CCN1CC(=O)N2[C@@H](C(C)C)C(=O)N(CCOC)C[C@@H]2N1C(=O)NCc1ccccc1. The Kier molecular flexibility index (Phi) is 7.72. The Bertz CT molecular complexity index is 869. The van der Waals surface area contributed by atoms with Gasteiger partial charge in [-0.2, -0.15) is 5.01 Å². The van der Waals surface area contributed by atoms with Crippen LogP contribution in [0.1, 0.15) is 19.4 Å². The quantitative estimate of drug-likeness (QED) is 0.631. The smallest absolute Gasteiger partial charge is 0.334 e. The Hall–Kier alpha value is -3.09. The number of piperazine rings is 1. The summed E-state index contributed by atoms with van der Waals surface area (Å²) in [6, 6.07) is 8.54. The molecule has 1 aromatic carbocycles. The minimum atomic E-state index is -0.657. The molecule has 2 saturated heterocycles. The van der Waals surface area contributed by atoms with Gasteiger partial charge in [0.25, 0.3) is 0 Å². The first-order chi connectivity index (χ1) is 15.4. The molecule has 3 rings (SSSR count). The average molecular weight is 442 g/mol. The molecule has 2 heterocycles. The van der Waals surface area contributed by atoms with Gasteiger partial charge in [-0.25, -0.2) is 9.80 Å². The number of nitrogens with one attached hydrogen (secondary N) is 1. The third-order valence-corrected chi connectivity index (χ3v) is 5.73. The lowest BCUT2D eigenvalue weighted by atomic mass is 9.96. The van der Waals surface area contributed by atoms with Crippen LogP contribution in [-0.2, 0) is 20.9 Å². The lowest BCUT2D eigenvalue weighted by Gasteiger charge is -2.55. The van der Waals surface area contributed by atoms with Gasteiger partial charge >= 0.3 is 6.03 Å². The largest absolute Gasteiger partial charge is 0.383 e. The fraction of sp³-hybridized carbons (Fsp3) is 0.522. The Morgan fingerprint density at radius 2 is 2.00 bits per heavy atom. The van der Waals surface area contributed by atoms with Gasteiger partial charge in [0, 0.05) is 20.2 Å². The third-order valence-electron chi connectivity index (χ3n) is 5.73. The molecule has 9 nitrogen and oxygen atoms in total. The molecule has 2 atom stereocenters. The van der Waals surface area contributed by atoms with Crippen molar-refractivity contribution in [1.82, 2.24) is 25.1 Å². The summed E-state index contributed by atoms with van der Waals surface area (Å²) in [7, 11) is 1.57. The molecule has 4 amide bonds. The second-order valence-corrected chi connectivity index (χ2v) is 8.26. The molecule has 1 N–H and O–H groups in total. The van der Waals surface area contributed by atoms with Crippen molar-refractivity contribution in [3.8, 4) is 12.3 Å². The van der Waals surface area contributed by atoms with Gasteiger partial charge < -0.3 is 19.9 Å². The van der Waals surface area contributed by atoms with E-state index < -0.39 is 12.2 Å². The van der Waals surface area contributed by atoms with Gasteiger partial charge in [-0.15, -0.1) is 6.42 Å². The van der Waals surface area contributed by atoms with Crippen molar-refractivity contribution in [2.45, 2.75) is 32.6 Å². The van der Waals surface area contributed by atoms with Crippen molar-refractivity contribution in [3.05, 3.63) is 35.9 Å². The first-order valence-corrected chi connectivity index (χ1v) is 10.8. The summed E-state index contributed by atoms with van der Waals surface area (Å²) < 4.78 is 5.16. The molecule has 0 saturated carbocycles. The Morgan fingerprint density at radius 1 is 1.28 bits per heavy atom. The van der Waals surface area contributed by atoms with E-state index in [-0.39, 0.29) is 43.4 Å². The number of hydrogen-bond donors (Lipinski definition) is 1. The summed E-state index contributed by atoms with van der Waals surface area (Å²) in [4.78, 5) is 42.8. The minimum absolute atomic E-state index is 0.0615. The number of carbonyl (C=O) groups is 3. The molecule has 0 unspecified atom stereocenters. The van der Waals surface area contributed by atoms with Crippen molar-refractivity contribution in [1.29, 1.82) is 0 Å². The second kappa shape index (κ2) is 10.5. The van der Waals surface area contributed by atoms with E-state index in [1.165, 1.54) is 5.01 Å². The summed E-state index contributed by atoms with van der Waals surface area (Å²) in [5.74, 6) is 2.08. The van der Waals surface area contributed by atoms with Gasteiger partial charge in [-0.05, 0) is 11.5 Å². The van der Waals surface area contributed by atoms with Crippen molar-refractivity contribution in [3.63, 3.8) is 0 Å². The lowest BCUT2D eigenvalue weighted by Crippen LogP contribution is -2.77. The number of rotatable bonds is 7. The summed E-state index contributed by atoms with van der Waals surface area (Å²) >= 11 is 0. The van der Waals surface area contributed by atoms with Crippen LogP contribution in [0.25, 0.3) is 0 Å². The first-order valence-electron chi connectivity index (χ1n) is 10.8. The zero-order valence-corrected chi connectivity index (χ0v) is 18.9. The second-order valence-electron chi connectivity index (χ2n) is 8.26. The normalized spacial score (nSPS) is 21.5. The number of hydrazine groups is 1. The topological polar surface area (TPSA) is 85.4 Å². The zero-order chi connectivity index (χ0) is 23.3. The lowest BCUT2D eigenvalue weighted by molar-refractivity contribution is -0.192. The zero-order valence-electron chi connectivity index (χ0n) is 18.9. The van der Waals surface area contributed by atoms with E-state index in [4.69, 9.17) is 11.2 Å². The van der Waals surface area contributed by atoms with E-state index in [0.717, 1.165) is 5.56 Å². The number of urea groups is 1. The van der Waals surface area contributed by atoms with E-state index in [2.05, 4.69) is 11.2 Å². The number of methoxy groups -OCH3 is 1. The summed E-state index contributed by atoms with van der Waals surface area (Å²) in [6.45, 7) is 5.12. The molecular weight excluding hydrogens is 410 g/mol. The molecule has 2 fully saturated rings. The van der Waals surface area contributed by atoms with Crippen LogP contribution in [0.15, 0.2) is 30.3 Å². The standard InChI is InChI=1S/C23H31N5O4/c1-5-11-26-16-20(29)27-19(15-25(12-13-32-4)22(30)21(27)17(2)3)28(26)23(31)24-14-18-9-7-6-8-10-18/h1,6-10,17,19,21H,11-16H2,2-4H3,(H,24,31)/t19-,21-/m0/s1. The average Bonchev–Trinajstić information content (AvgIpc) is 2.77. The highest BCUT2D eigenvalue weighted by Crippen LogP contribution is 2.29. The maximum atomic E-state index is 13.3. The summed E-state index contributed by atoms with van der Waals surface area (Å²) in [5, 5.41) is 6.01. The predicted molar refractivity (Wildman–Crippen MR) is 119 cm³/mol. The van der Waals surface area contributed by atoms with E-state index >= 15 is 0 Å². The molecule has 0 bridgehead atoms. The number of amides is 4.